The van der Waals surface area contributed by atoms with Crippen molar-refractivity contribution < 1.29 is 18.5 Å². The number of hydrogen-bond acceptors (Lipinski definition) is 5. The number of aromatic nitrogens is 2. The van der Waals surface area contributed by atoms with Crippen LogP contribution in [0.15, 0.2) is 59.1 Å². The zero-order chi connectivity index (χ0) is 15.1. The Labute approximate surface area is 119 Å². The van der Waals surface area contributed by atoms with Gasteiger partial charge in [0.2, 0.25) is 5.82 Å². The minimum absolute atomic E-state index is 0.250. The molecule has 0 N–H and O–H groups in total. The Bertz CT molecular complexity index is 733. The zero-order valence-electron chi connectivity index (χ0n) is 10.7. The maximum atomic E-state index is 12.8. The largest absolute Gasteiger partial charge is 0.373 e. The SMILES string of the molecule is Fc1ccc(-c2nc(-c3ccccc3)no2)cc1.O=C=O. The second kappa shape index (κ2) is 6.88. The third-order valence-electron chi connectivity index (χ3n) is 2.55. The summed E-state index contributed by atoms with van der Waals surface area (Å²) in [5.41, 5.74) is 1.58. The number of benzene rings is 2. The molecule has 0 saturated carbocycles. The third-order valence-corrected chi connectivity index (χ3v) is 2.55. The quantitative estimate of drug-likeness (QED) is 0.723. The van der Waals surface area contributed by atoms with Crippen molar-refractivity contribution in [2.75, 3.05) is 0 Å². The van der Waals surface area contributed by atoms with Crippen molar-refractivity contribution in [1.29, 1.82) is 0 Å². The summed E-state index contributed by atoms with van der Waals surface area (Å²) in [6.07, 6.45) is 0.250. The summed E-state index contributed by atoms with van der Waals surface area (Å²) >= 11 is 0. The van der Waals surface area contributed by atoms with Crippen LogP contribution in [0.1, 0.15) is 0 Å². The summed E-state index contributed by atoms with van der Waals surface area (Å²) in [6.45, 7) is 0. The van der Waals surface area contributed by atoms with E-state index >= 15 is 0 Å². The Kier molecular flexibility index (Phi) is 4.69. The molecule has 104 valence electrons. The Hall–Kier alpha value is -3.11. The second-order valence-corrected chi connectivity index (χ2v) is 3.88. The summed E-state index contributed by atoms with van der Waals surface area (Å²) in [6, 6.07) is 15.5. The van der Waals surface area contributed by atoms with Crippen LogP contribution in [0.3, 0.4) is 0 Å². The standard InChI is InChI=1S/C14H9FN2O.CO2/c15-12-8-6-11(7-9-12)14-16-13(17-18-14)10-4-2-1-3-5-10;2-1-3/h1-9H;. The predicted octanol–water partition coefficient (Wildman–Crippen LogP) is 2.96. The van der Waals surface area contributed by atoms with Gasteiger partial charge in [0.1, 0.15) is 5.82 Å². The molecular formula is C15H9FN2O3. The molecule has 6 heteroatoms. The molecule has 5 nitrogen and oxygen atoms in total. The molecule has 0 aliphatic heterocycles. The monoisotopic (exact) mass is 284 g/mol. The molecule has 3 aromatic rings. The van der Waals surface area contributed by atoms with Crippen molar-refractivity contribution in [2.45, 2.75) is 0 Å². The van der Waals surface area contributed by atoms with Gasteiger partial charge in [-0.05, 0) is 24.3 Å². The Balaban J connectivity index is 0.000000497. The van der Waals surface area contributed by atoms with E-state index in [1.54, 1.807) is 12.1 Å². The topological polar surface area (TPSA) is 73.1 Å². The average molecular weight is 284 g/mol. The average Bonchev–Trinajstić information content (AvgIpc) is 3.00. The minimum Gasteiger partial charge on any atom is -0.334 e. The summed E-state index contributed by atoms with van der Waals surface area (Å²) in [5, 5.41) is 3.91. The van der Waals surface area contributed by atoms with Gasteiger partial charge < -0.3 is 4.52 Å². The van der Waals surface area contributed by atoms with Crippen LogP contribution in [0.4, 0.5) is 4.39 Å². The molecule has 0 aliphatic rings. The molecule has 21 heavy (non-hydrogen) atoms. The summed E-state index contributed by atoms with van der Waals surface area (Å²) < 4.78 is 18.0. The number of nitrogens with zero attached hydrogens (tertiary/aromatic N) is 2. The van der Waals surface area contributed by atoms with Crippen molar-refractivity contribution in [3.05, 3.63) is 60.4 Å². The molecule has 0 atom stereocenters. The second-order valence-electron chi connectivity index (χ2n) is 3.88. The molecule has 0 bridgehead atoms. The molecule has 0 amide bonds. The Morgan fingerprint density at radius 2 is 1.52 bits per heavy atom. The van der Waals surface area contributed by atoms with Crippen LogP contribution in [0.2, 0.25) is 0 Å². The van der Waals surface area contributed by atoms with E-state index in [1.165, 1.54) is 12.1 Å². The first-order valence-electron chi connectivity index (χ1n) is 5.89. The van der Waals surface area contributed by atoms with Crippen LogP contribution in [0, 0.1) is 5.82 Å². The molecule has 0 fully saturated rings. The third kappa shape index (κ3) is 3.68. The lowest BCUT2D eigenvalue weighted by molar-refractivity contribution is -0.191. The van der Waals surface area contributed by atoms with Gasteiger partial charge in [-0.15, -0.1) is 0 Å². The Morgan fingerprint density at radius 3 is 2.14 bits per heavy atom. The van der Waals surface area contributed by atoms with E-state index in [0.717, 1.165) is 5.56 Å². The molecular weight excluding hydrogens is 275 g/mol. The van der Waals surface area contributed by atoms with Gasteiger partial charge in [0, 0.05) is 11.1 Å². The lowest BCUT2D eigenvalue weighted by Crippen LogP contribution is -1.81. The zero-order valence-corrected chi connectivity index (χ0v) is 10.7. The highest BCUT2D eigenvalue weighted by Gasteiger charge is 2.09. The van der Waals surface area contributed by atoms with Crippen LogP contribution < -0.4 is 0 Å². The van der Waals surface area contributed by atoms with Gasteiger partial charge in [-0.1, -0.05) is 35.5 Å². The van der Waals surface area contributed by atoms with Crippen molar-refractivity contribution in [1.82, 2.24) is 10.1 Å². The lowest BCUT2D eigenvalue weighted by Gasteiger charge is -1.93. The molecule has 3 rings (SSSR count). The summed E-state index contributed by atoms with van der Waals surface area (Å²) in [7, 11) is 0. The number of hydrogen-bond donors (Lipinski definition) is 0. The fraction of sp³-hybridized carbons (Fsp3) is 0. The van der Waals surface area contributed by atoms with Gasteiger partial charge in [-0.25, -0.2) is 4.39 Å². The number of halogens is 1. The highest BCUT2D eigenvalue weighted by atomic mass is 19.1. The van der Waals surface area contributed by atoms with E-state index in [1.807, 2.05) is 30.3 Å². The van der Waals surface area contributed by atoms with Crippen LogP contribution in [-0.4, -0.2) is 16.3 Å². The van der Waals surface area contributed by atoms with E-state index in [9.17, 15) is 4.39 Å². The van der Waals surface area contributed by atoms with E-state index < -0.39 is 0 Å². The summed E-state index contributed by atoms with van der Waals surface area (Å²) in [5.74, 6) is 0.616. The fourth-order valence-corrected chi connectivity index (χ4v) is 1.64. The normalized spacial score (nSPS) is 9.38. The Morgan fingerprint density at radius 1 is 0.905 bits per heavy atom. The van der Waals surface area contributed by atoms with E-state index in [0.29, 0.717) is 17.3 Å². The highest BCUT2D eigenvalue weighted by Crippen LogP contribution is 2.21. The fourth-order valence-electron chi connectivity index (χ4n) is 1.64. The van der Waals surface area contributed by atoms with Gasteiger partial charge >= 0.3 is 6.15 Å². The van der Waals surface area contributed by atoms with E-state index in [4.69, 9.17) is 14.1 Å². The summed E-state index contributed by atoms with van der Waals surface area (Å²) in [4.78, 5) is 20.5. The molecule has 2 aromatic carbocycles. The molecule has 0 aliphatic carbocycles. The minimum atomic E-state index is -0.290. The smallest absolute Gasteiger partial charge is 0.334 e. The number of carbonyl (C=O) groups excluding carboxylic acids is 2. The van der Waals surface area contributed by atoms with Crippen molar-refractivity contribution in [3.63, 3.8) is 0 Å². The lowest BCUT2D eigenvalue weighted by atomic mass is 10.2. The van der Waals surface area contributed by atoms with E-state index in [-0.39, 0.29) is 12.0 Å². The van der Waals surface area contributed by atoms with E-state index in [2.05, 4.69) is 10.1 Å². The molecule has 1 aromatic heterocycles. The van der Waals surface area contributed by atoms with Crippen LogP contribution in [0.25, 0.3) is 22.8 Å². The van der Waals surface area contributed by atoms with Gasteiger partial charge in [0.15, 0.2) is 0 Å². The van der Waals surface area contributed by atoms with Crippen LogP contribution in [0.5, 0.6) is 0 Å². The molecule has 0 radical (unpaired) electrons. The predicted molar refractivity (Wildman–Crippen MR) is 70.1 cm³/mol. The molecule has 0 saturated heterocycles. The molecule has 0 spiro atoms. The van der Waals surface area contributed by atoms with Gasteiger partial charge in [0.25, 0.3) is 5.89 Å². The molecule has 1 heterocycles. The van der Waals surface area contributed by atoms with Crippen molar-refractivity contribution in [2.24, 2.45) is 0 Å². The van der Waals surface area contributed by atoms with Crippen molar-refractivity contribution >= 4 is 6.15 Å². The highest BCUT2D eigenvalue weighted by molar-refractivity contribution is 5.59. The van der Waals surface area contributed by atoms with Gasteiger partial charge in [0.05, 0.1) is 0 Å². The van der Waals surface area contributed by atoms with Gasteiger partial charge in [-0.2, -0.15) is 14.6 Å². The molecule has 0 unspecified atom stereocenters. The maximum Gasteiger partial charge on any atom is 0.373 e. The maximum absolute atomic E-state index is 12.8. The number of rotatable bonds is 2. The first-order chi connectivity index (χ1) is 10.2. The van der Waals surface area contributed by atoms with Gasteiger partial charge in [-0.3, -0.25) is 0 Å². The first kappa shape index (κ1) is 14.3. The van der Waals surface area contributed by atoms with Crippen LogP contribution in [-0.2, 0) is 9.59 Å². The van der Waals surface area contributed by atoms with Crippen molar-refractivity contribution in [3.8, 4) is 22.8 Å². The first-order valence-corrected chi connectivity index (χ1v) is 5.89. The van der Waals surface area contributed by atoms with Crippen LogP contribution >= 0.6 is 0 Å².